The Morgan fingerprint density at radius 3 is 1.47 bits per heavy atom. The van der Waals surface area contributed by atoms with Crippen LogP contribution in [-0.2, 0) is 4.74 Å². The van der Waals surface area contributed by atoms with E-state index in [1.54, 1.807) is 12.1 Å². The van der Waals surface area contributed by atoms with Crippen LogP contribution in [0, 0.1) is 11.6 Å². The molecule has 1 saturated heterocycles. The molecule has 11 rings (SSSR count). The van der Waals surface area contributed by atoms with E-state index < -0.39 is 0 Å². The average Bonchev–Trinajstić information content (AvgIpc) is 4.05. The third kappa shape index (κ3) is 8.33. The first-order chi connectivity index (χ1) is 31.2. The number of halogens is 4. The molecule has 11 nitrogen and oxygen atoms in total. The summed E-state index contributed by atoms with van der Waals surface area (Å²) in [5, 5.41) is 7.87. The highest BCUT2D eigenvalue weighted by molar-refractivity contribution is 9.10. The fourth-order valence-corrected chi connectivity index (χ4v) is 9.67. The van der Waals surface area contributed by atoms with Crippen LogP contribution in [0.4, 0.5) is 8.78 Å². The molecule has 10 aromatic rings. The predicted molar refractivity (Wildman–Crippen MR) is 263 cm³/mol. The monoisotopic (exact) mass is 990 g/mol. The van der Waals surface area contributed by atoms with Crippen LogP contribution in [0.3, 0.4) is 0 Å². The van der Waals surface area contributed by atoms with Crippen molar-refractivity contribution < 1.29 is 23.0 Å². The Morgan fingerprint density at radius 2 is 1.00 bits per heavy atom. The van der Waals surface area contributed by atoms with Crippen LogP contribution < -0.4 is 20.9 Å². The molecule has 1 fully saturated rings. The van der Waals surface area contributed by atoms with Gasteiger partial charge in [0.15, 0.2) is 17.5 Å². The average molecular weight is 993 g/mol. The van der Waals surface area contributed by atoms with Crippen molar-refractivity contribution in [2.24, 2.45) is 16.5 Å². The number of hydrogen-bond acceptors (Lipinski definition) is 5. The van der Waals surface area contributed by atoms with Crippen molar-refractivity contribution in [1.29, 1.82) is 0 Å². The summed E-state index contributed by atoms with van der Waals surface area (Å²) in [6.07, 6.45) is 4.01. The number of nitrogens with two attached hydrogens (primary N) is 2. The number of benzene rings is 6. The number of hydrogen-bond donors (Lipinski definition) is 6. The molecular formula is C49H46Br2F2N8O3. The highest BCUT2D eigenvalue weighted by atomic mass is 79.9. The topological polar surface area (TPSA) is 158 Å². The quantitative estimate of drug-likeness (QED) is 0.0406. The Labute approximate surface area is 382 Å². The zero-order valence-corrected chi connectivity index (χ0v) is 38.0. The van der Waals surface area contributed by atoms with Gasteiger partial charge in [-0.15, -0.1) is 0 Å². The first kappa shape index (κ1) is 42.1. The van der Waals surface area contributed by atoms with Crippen molar-refractivity contribution in [2.45, 2.75) is 25.7 Å². The first-order valence-corrected chi connectivity index (χ1v) is 23.1. The van der Waals surface area contributed by atoms with Crippen molar-refractivity contribution in [3.8, 4) is 11.5 Å². The van der Waals surface area contributed by atoms with Gasteiger partial charge in [-0.3, -0.25) is 9.89 Å². The molecule has 0 amide bonds. The van der Waals surface area contributed by atoms with Crippen molar-refractivity contribution >= 4 is 125 Å². The van der Waals surface area contributed by atoms with E-state index in [9.17, 15) is 8.78 Å². The Kier molecular flexibility index (Phi) is 11.8. The molecule has 0 bridgehead atoms. The van der Waals surface area contributed by atoms with Gasteiger partial charge in [-0.1, -0.05) is 31.9 Å². The summed E-state index contributed by atoms with van der Waals surface area (Å²) in [6.45, 7) is 6.52. The molecule has 5 heterocycles. The molecule has 64 heavy (non-hydrogen) atoms. The fourth-order valence-electron chi connectivity index (χ4n) is 8.94. The molecular weight excluding hydrogens is 946 g/mol. The van der Waals surface area contributed by atoms with Gasteiger partial charge in [0.2, 0.25) is 0 Å². The van der Waals surface area contributed by atoms with Crippen LogP contribution in [0.2, 0.25) is 0 Å². The third-order valence-corrected chi connectivity index (χ3v) is 13.0. The fraction of sp³-hybridized carbons (Fsp3) is 0.245. The normalized spacial score (nSPS) is 13.6. The lowest BCUT2D eigenvalue weighted by atomic mass is 10.1. The number of rotatable bonds is 12. The van der Waals surface area contributed by atoms with Gasteiger partial charge in [-0.05, 0) is 111 Å². The lowest BCUT2D eigenvalue weighted by molar-refractivity contribution is 0.0370. The molecule has 0 radical (unpaired) electrons. The molecule has 4 aromatic heterocycles. The van der Waals surface area contributed by atoms with Gasteiger partial charge < -0.3 is 45.6 Å². The largest absolute Gasteiger partial charge is 0.489 e. The minimum absolute atomic E-state index is 0.0368. The highest BCUT2D eigenvalue weighted by Crippen LogP contribution is 2.43. The van der Waals surface area contributed by atoms with Crippen LogP contribution in [0.25, 0.3) is 87.2 Å². The lowest BCUT2D eigenvalue weighted by Crippen LogP contribution is -2.36. The predicted octanol–water partition coefficient (Wildman–Crippen LogP) is 11.6. The summed E-state index contributed by atoms with van der Waals surface area (Å²) < 4.78 is 48.1. The summed E-state index contributed by atoms with van der Waals surface area (Å²) >= 11 is 7.28. The SMILES string of the molecule is Brc1ccc2[nH]c3c(OCCCCCN4CCOCC4)c4[nH]c5ccc(Br)cc5c4cc3c2c1.NC(N)=NCCCOc1c2[nH]c3ccc(F)cc3c2cc2c1[nH]c1ccc(F)cc12. The van der Waals surface area contributed by atoms with E-state index >= 15 is 0 Å². The van der Waals surface area contributed by atoms with Crippen molar-refractivity contribution in [2.75, 3.05) is 52.6 Å². The molecule has 6 aromatic carbocycles. The molecule has 328 valence electrons. The summed E-state index contributed by atoms with van der Waals surface area (Å²) in [6, 6.07) is 26.2. The van der Waals surface area contributed by atoms with E-state index in [0.717, 1.165) is 126 Å². The number of guanidine groups is 1. The minimum atomic E-state index is -0.326. The van der Waals surface area contributed by atoms with Gasteiger partial charge in [0, 0.05) is 100 Å². The van der Waals surface area contributed by atoms with Gasteiger partial charge in [0.25, 0.3) is 0 Å². The molecule has 0 spiro atoms. The molecule has 0 aliphatic carbocycles. The standard InChI is InChI=1S/C27H27Br2N3O2.C22H19F2N5O/c28-17-4-6-23-19(14-17)21-16-22-20-15-18(29)5-7-24(20)31-26(22)27(25(21)30-23)34-11-3-1-2-8-32-9-12-33-13-10-32;23-11-2-4-17-13(8-11)15-10-16-14-9-12(24)3-5-18(14)29-20(16)21(19(15)28-17)30-7-1-6-27-22(25)26/h4-7,14-16,30-31H,1-3,8-13H2;2-5,8-10,28-29H,1,6-7H2,(H4,25,26,27). The number of morpholine rings is 1. The Morgan fingerprint density at radius 1 is 0.562 bits per heavy atom. The van der Waals surface area contributed by atoms with Gasteiger partial charge in [0.1, 0.15) is 11.6 Å². The van der Waals surface area contributed by atoms with Crippen LogP contribution in [0.1, 0.15) is 25.7 Å². The van der Waals surface area contributed by atoms with Gasteiger partial charge in [-0.25, -0.2) is 8.78 Å². The smallest absolute Gasteiger partial charge is 0.185 e. The highest BCUT2D eigenvalue weighted by Gasteiger charge is 2.20. The number of aromatic amines is 4. The molecule has 0 atom stereocenters. The number of aromatic nitrogens is 4. The Bertz CT molecular complexity index is 3190. The Hall–Kier alpha value is -5.87. The molecule has 0 saturated carbocycles. The van der Waals surface area contributed by atoms with E-state index in [1.807, 2.05) is 6.07 Å². The number of H-pyrrole nitrogens is 4. The number of aliphatic imine (C=N–C) groups is 1. The molecule has 1 aliphatic rings. The number of nitrogens with one attached hydrogen (secondary N) is 4. The second-order valence-corrected chi connectivity index (χ2v) is 18.1. The number of unbranched alkanes of at least 4 members (excludes halogenated alkanes) is 2. The number of fused-ring (bicyclic) bond motifs is 12. The van der Waals surface area contributed by atoms with Crippen LogP contribution in [0.15, 0.2) is 98.9 Å². The van der Waals surface area contributed by atoms with Crippen molar-refractivity contribution in [3.63, 3.8) is 0 Å². The molecule has 8 N–H and O–H groups in total. The summed E-state index contributed by atoms with van der Waals surface area (Å²) in [7, 11) is 0. The maximum absolute atomic E-state index is 13.9. The third-order valence-electron chi connectivity index (χ3n) is 12.0. The van der Waals surface area contributed by atoms with Gasteiger partial charge in [-0.2, -0.15) is 0 Å². The van der Waals surface area contributed by atoms with E-state index in [4.69, 9.17) is 25.7 Å². The van der Waals surface area contributed by atoms with Crippen LogP contribution in [-0.4, -0.2) is 83.4 Å². The lowest BCUT2D eigenvalue weighted by Gasteiger charge is -2.26. The second kappa shape index (κ2) is 18.0. The van der Waals surface area contributed by atoms with Crippen LogP contribution >= 0.6 is 31.9 Å². The molecule has 1 aliphatic heterocycles. The Balaban J connectivity index is 0.000000153. The second-order valence-electron chi connectivity index (χ2n) is 16.2. The van der Waals surface area contributed by atoms with E-state index in [2.05, 4.69) is 104 Å². The van der Waals surface area contributed by atoms with Gasteiger partial charge >= 0.3 is 0 Å². The van der Waals surface area contributed by atoms with Crippen LogP contribution in [0.5, 0.6) is 11.5 Å². The van der Waals surface area contributed by atoms with Crippen molar-refractivity contribution in [3.05, 3.63) is 106 Å². The zero-order chi connectivity index (χ0) is 43.9. The maximum atomic E-state index is 13.9. The summed E-state index contributed by atoms with van der Waals surface area (Å²) in [4.78, 5) is 20.4. The summed E-state index contributed by atoms with van der Waals surface area (Å²) in [5.41, 5.74) is 18.1. The summed E-state index contributed by atoms with van der Waals surface area (Å²) in [5.74, 6) is 0.900. The number of nitrogens with zero attached hydrogens (tertiary/aromatic N) is 2. The van der Waals surface area contributed by atoms with E-state index in [-0.39, 0.29) is 17.6 Å². The first-order valence-electron chi connectivity index (χ1n) is 21.5. The molecule has 0 unspecified atom stereocenters. The maximum Gasteiger partial charge on any atom is 0.185 e. The van der Waals surface area contributed by atoms with E-state index in [1.165, 1.54) is 52.2 Å². The number of ether oxygens (including phenoxy) is 3. The van der Waals surface area contributed by atoms with E-state index in [0.29, 0.717) is 31.9 Å². The minimum Gasteiger partial charge on any atom is -0.489 e. The molecule has 15 heteroatoms. The van der Waals surface area contributed by atoms with Crippen molar-refractivity contribution in [1.82, 2.24) is 24.8 Å². The van der Waals surface area contributed by atoms with Gasteiger partial charge in [0.05, 0.1) is 48.5 Å². The zero-order valence-electron chi connectivity index (χ0n) is 34.9.